The zero-order valence-electron chi connectivity index (χ0n) is 17.7. The van der Waals surface area contributed by atoms with Crippen LogP contribution in [0.15, 0.2) is 36.3 Å². The first-order valence-corrected chi connectivity index (χ1v) is 9.75. The van der Waals surface area contributed by atoms with Gasteiger partial charge in [0.05, 0.1) is 43.2 Å². The first-order chi connectivity index (χ1) is 15.6. The van der Waals surface area contributed by atoms with Crippen LogP contribution in [-0.2, 0) is 9.53 Å². The molecule has 0 bridgehead atoms. The van der Waals surface area contributed by atoms with E-state index in [2.05, 4.69) is 41.2 Å². The quantitative estimate of drug-likeness (QED) is 0.264. The maximum Gasteiger partial charge on any atom is 0.278 e. The molecule has 0 aromatic carbocycles. The van der Waals surface area contributed by atoms with Crippen molar-refractivity contribution in [2.75, 3.05) is 50.6 Å². The van der Waals surface area contributed by atoms with Crippen molar-refractivity contribution in [3.05, 3.63) is 42.0 Å². The molecule has 32 heavy (non-hydrogen) atoms. The van der Waals surface area contributed by atoms with Gasteiger partial charge in [-0.25, -0.2) is 19.9 Å². The lowest BCUT2D eigenvalue weighted by Crippen LogP contribution is -2.38. The lowest BCUT2D eigenvalue weighted by molar-refractivity contribution is -0.117. The summed E-state index contributed by atoms with van der Waals surface area (Å²) in [5.74, 6) is -0.459. The third-order valence-electron chi connectivity index (χ3n) is 4.50. The molecular formula is C19H24N10O3. The molecule has 1 aliphatic heterocycles. The molecular weight excluding hydrogens is 416 g/mol. The second kappa shape index (κ2) is 10.8. The maximum absolute atomic E-state index is 13.2. The Balaban J connectivity index is 1.97. The molecule has 1 saturated heterocycles. The summed E-state index contributed by atoms with van der Waals surface area (Å²) in [4.78, 5) is 44.0. The van der Waals surface area contributed by atoms with Crippen molar-refractivity contribution >= 4 is 35.4 Å². The van der Waals surface area contributed by atoms with E-state index in [0.29, 0.717) is 37.8 Å². The molecule has 0 radical (unpaired) electrons. The van der Waals surface area contributed by atoms with Gasteiger partial charge in [-0.15, -0.1) is 0 Å². The Morgan fingerprint density at radius 2 is 1.84 bits per heavy atom. The number of carbonyl (C=O) groups excluding carboxylic acids is 2. The van der Waals surface area contributed by atoms with Gasteiger partial charge in [-0.2, -0.15) is 0 Å². The van der Waals surface area contributed by atoms with Crippen LogP contribution in [-0.4, -0.2) is 78.4 Å². The van der Waals surface area contributed by atoms with Gasteiger partial charge in [-0.1, -0.05) is 0 Å². The third kappa shape index (κ3) is 5.31. The van der Waals surface area contributed by atoms with Crippen LogP contribution >= 0.6 is 0 Å². The third-order valence-corrected chi connectivity index (χ3v) is 4.50. The first-order valence-electron chi connectivity index (χ1n) is 9.75. The number of amides is 2. The van der Waals surface area contributed by atoms with Crippen molar-refractivity contribution < 1.29 is 14.3 Å². The van der Waals surface area contributed by atoms with Crippen molar-refractivity contribution in [2.45, 2.75) is 0 Å². The normalized spacial score (nSPS) is 14.1. The van der Waals surface area contributed by atoms with Crippen LogP contribution < -0.4 is 26.2 Å². The maximum atomic E-state index is 13.2. The number of rotatable bonds is 8. The number of allylic oxidation sites excluding steroid dienone is 1. The van der Waals surface area contributed by atoms with Gasteiger partial charge >= 0.3 is 0 Å². The topological polar surface area (TPSA) is 170 Å². The van der Waals surface area contributed by atoms with Crippen LogP contribution in [0.25, 0.3) is 0 Å². The molecule has 2 amide bonds. The van der Waals surface area contributed by atoms with Crippen LogP contribution in [0.2, 0.25) is 0 Å². The molecule has 2 aromatic heterocycles. The summed E-state index contributed by atoms with van der Waals surface area (Å²) in [6.07, 6.45) is 6.87. The minimum absolute atomic E-state index is 0.0236. The lowest BCUT2D eigenvalue weighted by Gasteiger charge is -2.28. The summed E-state index contributed by atoms with van der Waals surface area (Å²) in [7, 11) is 2.96. The minimum Gasteiger partial charge on any atom is -0.382 e. The van der Waals surface area contributed by atoms with E-state index in [-0.39, 0.29) is 22.9 Å². The van der Waals surface area contributed by atoms with E-state index in [1.54, 1.807) is 6.20 Å². The number of nitrogens with zero attached hydrogens (tertiary/aromatic N) is 5. The fourth-order valence-electron chi connectivity index (χ4n) is 2.92. The van der Waals surface area contributed by atoms with Crippen LogP contribution in [0.1, 0.15) is 10.5 Å². The van der Waals surface area contributed by atoms with Gasteiger partial charge in [0.25, 0.3) is 11.8 Å². The number of hydrogen-bond donors (Lipinski definition) is 5. The highest BCUT2D eigenvalue weighted by molar-refractivity contribution is 6.05. The molecule has 3 heterocycles. The van der Waals surface area contributed by atoms with Crippen LogP contribution in [0.4, 0.5) is 17.3 Å². The van der Waals surface area contributed by atoms with Crippen molar-refractivity contribution in [1.29, 1.82) is 5.41 Å². The monoisotopic (exact) mass is 440 g/mol. The minimum atomic E-state index is -0.651. The van der Waals surface area contributed by atoms with Gasteiger partial charge in [0, 0.05) is 33.4 Å². The SMILES string of the molecule is CNC(=O)/C(NC)=C(/C=N)NC(=O)c1nc(N2CCOCC2)cnc1Nc1cncnc1. The molecule has 1 fully saturated rings. The molecule has 13 nitrogen and oxygen atoms in total. The standard InChI is InChI=1S/C19H24N10O3/c1-21-15(18(30)22-2)13(7-20)27-19(31)16-17(26-12-8-23-11-24-9-12)25-10-14(28-16)29-3-5-32-6-4-29/h7-11,20-21H,3-6H2,1-2H3,(H,22,30)(H,25,26)(H,27,31)/b15-13+,20-7?. The number of morpholine rings is 1. The lowest BCUT2D eigenvalue weighted by atomic mass is 10.2. The van der Waals surface area contributed by atoms with Crippen molar-refractivity contribution in [3.8, 4) is 0 Å². The summed E-state index contributed by atoms with van der Waals surface area (Å²) in [6.45, 7) is 2.31. The molecule has 3 rings (SSSR count). The Morgan fingerprint density at radius 1 is 1.12 bits per heavy atom. The van der Waals surface area contributed by atoms with E-state index < -0.39 is 11.8 Å². The number of anilines is 3. The number of aromatic nitrogens is 4. The van der Waals surface area contributed by atoms with Gasteiger partial charge < -0.3 is 36.3 Å². The summed E-state index contributed by atoms with van der Waals surface area (Å²) >= 11 is 0. The van der Waals surface area contributed by atoms with Crippen molar-refractivity contribution in [2.24, 2.45) is 0 Å². The van der Waals surface area contributed by atoms with Crippen LogP contribution in [0, 0.1) is 5.41 Å². The molecule has 168 valence electrons. The largest absolute Gasteiger partial charge is 0.382 e. The van der Waals surface area contributed by atoms with Gasteiger partial charge in [-0.05, 0) is 0 Å². The van der Waals surface area contributed by atoms with E-state index in [1.807, 2.05) is 4.90 Å². The molecule has 0 unspecified atom stereocenters. The molecule has 0 saturated carbocycles. The Morgan fingerprint density at radius 3 is 2.47 bits per heavy atom. The predicted molar refractivity (Wildman–Crippen MR) is 117 cm³/mol. The summed E-state index contributed by atoms with van der Waals surface area (Å²) < 4.78 is 5.37. The number of carbonyl (C=O) groups is 2. The van der Waals surface area contributed by atoms with Gasteiger partial charge in [-0.3, -0.25) is 9.59 Å². The van der Waals surface area contributed by atoms with Crippen molar-refractivity contribution in [3.63, 3.8) is 0 Å². The molecule has 0 aliphatic carbocycles. The van der Waals surface area contributed by atoms with Gasteiger partial charge in [0.2, 0.25) is 0 Å². The van der Waals surface area contributed by atoms with Gasteiger partial charge in [0.15, 0.2) is 11.5 Å². The molecule has 0 spiro atoms. The Labute approximate surface area is 184 Å². The van der Waals surface area contributed by atoms with Crippen molar-refractivity contribution in [1.82, 2.24) is 35.9 Å². The van der Waals surface area contributed by atoms with Crippen LogP contribution in [0.3, 0.4) is 0 Å². The van der Waals surface area contributed by atoms with E-state index >= 15 is 0 Å². The molecule has 2 aromatic rings. The zero-order chi connectivity index (χ0) is 22.9. The fraction of sp³-hybridized carbons (Fsp3) is 0.316. The summed E-state index contributed by atoms with van der Waals surface area (Å²) in [5.41, 5.74) is 0.493. The highest BCUT2D eigenvalue weighted by Crippen LogP contribution is 2.21. The highest BCUT2D eigenvalue weighted by atomic mass is 16.5. The number of likely N-dealkylation sites (N-methyl/N-ethyl adjacent to an activating group) is 2. The smallest absolute Gasteiger partial charge is 0.278 e. The van der Waals surface area contributed by atoms with E-state index in [9.17, 15) is 9.59 Å². The average molecular weight is 440 g/mol. The predicted octanol–water partition coefficient (Wildman–Crippen LogP) is -0.597. The molecule has 0 atom stereocenters. The second-order valence-electron chi connectivity index (χ2n) is 6.49. The van der Waals surface area contributed by atoms with Crippen LogP contribution in [0.5, 0.6) is 0 Å². The Hall–Kier alpha value is -4.13. The molecule has 13 heteroatoms. The second-order valence-corrected chi connectivity index (χ2v) is 6.49. The van der Waals surface area contributed by atoms with E-state index in [0.717, 1.165) is 6.21 Å². The average Bonchev–Trinajstić information content (AvgIpc) is 2.84. The first kappa shape index (κ1) is 22.6. The number of hydrogen-bond acceptors (Lipinski definition) is 11. The number of nitrogens with one attached hydrogen (secondary N) is 5. The zero-order valence-corrected chi connectivity index (χ0v) is 17.7. The summed E-state index contributed by atoms with van der Waals surface area (Å²) in [5, 5.41) is 18.3. The molecule has 5 N–H and O–H groups in total. The Bertz CT molecular complexity index is 1010. The van der Waals surface area contributed by atoms with E-state index in [4.69, 9.17) is 10.1 Å². The van der Waals surface area contributed by atoms with Gasteiger partial charge in [0.1, 0.15) is 17.8 Å². The number of ether oxygens (including phenoxy) is 1. The highest BCUT2D eigenvalue weighted by Gasteiger charge is 2.22. The Kier molecular flexibility index (Phi) is 7.59. The van der Waals surface area contributed by atoms with E-state index in [1.165, 1.54) is 32.8 Å². The molecule has 1 aliphatic rings. The fourth-order valence-corrected chi connectivity index (χ4v) is 2.92. The summed E-state index contributed by atoms with van der Waals surface area (Å²) in [6, 6.07) is 0.